The summed E-state index contributed by atoms with van der Waals surface area (Å²) in [7, 11) is 0. The summed E-state index contributed by atoms with van der Waals surface area (Å²) in [6.45, 7) is 2.05. The number of hydrogen-bond donors (Lipinski definition) is 0. The molecule has 5 heteroatoms. The van der Waals surface area contributed by atoms with E-state index in [-0.39, 0.29) is 5.63 Å². The van der Waals surface area contributed by atoms with Gasteiger partial charge in [0.15, 0.2) is 0 Å². The van der Waals surface area contributed by atoms with Gasteiger partial charge in [-0.05, 0) is 36.8 Å². The molecule has 0 N–H and O–H groups in total. The first-order valence-electron chi connectivity index (χ1n) is 5.87. The van der Waals surface area contributed by atoms with Crippen LogP contribution in [0.3, 0.4) is 0 Å². The molecule has 0 aliphatic carbocycles. The molecule has 0 fully saturated rings. The molecule has 19 heavy (non-hydrogen) atoms. The smallest absolute Gasteiger partial charge is 0.347 e. The van der Waals surface area contributed by atoms with E-state index in [9.17, 15) is 4.79 Å². The molecule has 0 aliphatic heterocycles. The van der Waals surface area contributed by atoms with Gasteiger partial charge in [0.1, 0.15) is 4.83 Å². The Morgan fingerprint density at radius 2 is 2.05 bits per heavy atom. The lowest BCUT2D eigenvalue weighted by Gasteiger charge is -1.99. The van der Waals surface area contributed by atoms with Crippen molar-refractivity contribution in [2.75, 3.05) is 0 Å². The van der Waals surface area contributed by atoms with E-state index in [0.717, 1.165) is 21.7 Å². The first-order chi connectivity index (χ1) is 9.17. The third kappa shape index (κ3) is 2.29. The zero-order valence-corrected chi connectivity index (χ0v) is 11.7. The number of benzene rings is 1. The van der Waals surface area contributed by atoms with Gasteiger partial charge in [0.25, 0.3) is 0 Å². The van der Waals surface area contributed by atoms with Gasteiger partial charge in [-0.1, -0.05) is 18.5 Å². The fraction of sp³-hybridized carbons (Fsp3) is 0.143. The molecule has 1 aromatic carbocycles. The minimum Gasteiger partial charge on any atom is -0.403 e. The molecule has 3 aromatic rings. The van der Waals surface area contributed by atoms with E-state index >= 15 is 0 Å². The lowest BCUT2D eigenvalue weighted by atomic mass is 10.2. The summed E-state index contributed by atoms with van der Waals surface area (Å²) in [6.07, 6.45) is 0.886. The monoisotopic (exact) mass is 291 g/mol. The zero-order chi connectivity index (χ0) is 13.4. The van der Waals surface area contributed by atoms with Crippen molar-refractivity contribution >= 4 is 33.2 Å². The molecule has 96 valence electrons. The summed E-state index contributed by atoms with van der Waals surface area (Å²) in [4.78, 5) is 18.2. The normalized spacial score (nSPS) is 11.1. The fourth-order valence-corrected chi connectivity index (χ4v) is 2.88. The van der Waals surface area contributed by atoms with Crippen LogP contribution in [0.5, 0.6) is 0 Å². The molecule has 0 bridgehead atoms. The van der Waals surface area contributed by atoms with Gasteiger partial charge in [0.05, 0.1) is 5.39 Å². The highest BCUT2D eigenvalue weighted by atomic mass is 35.5. The molecule has 2 aromatic heterocycles. The molecule has 2 heterocycles. The van der Waals surface area contributed by atoms with Crippen molar-refractivity contribution in [3.05, 3.63) is 50.7 Å². The predicted octanol–water partition coefficient (Wildman–Crippen LogP) is 4.13. The van der Waals surface area contributed by atoms with Gasteiger partial charge in [0, 0.05) is 15.5 Å². The van der Waals surface area contributed by atoms with Crippen molar-refractivity contribution in [2.45, 2.75) is 13.3 Å². The molecule has 0 spiro atoms. The van der Waals surface area contributed by atoms with Crippen LogP contribution in [-0.2, 0) is 6.42 Å². The van der Waals surface area contributed by atoms with Crippen LogP contribution >= 0.6 is 22.9 Å². The Morgan fingerprint density at radius 1 is 1.32 bits per heavy atom. The van der Waals surface area contributed by atoms with E-state index in [2.05, 4.69) is 4.98 Å². The first kappa shape index (κ1) is 12.4. The van der Waals surface area contributed by atoms with Crippen LogP contribution in [0.1, 0.15) is 11.8 Å². The molecule has 3 nitrogen and oxygen atoms in total. The van der Waals surface area contributed by atoms with Gasteiger partial charge in [-0.25, -0.2) is 9.78 Å². The van der Waals surface area contributed by atoms with Crippen molar-refractivity contribution in [2.24, 2.45) is 0 Å². The number of hydrogen-bond acceptors (Lipinski definition) is 4. The van der Waals surface area contributed by atoms with Crippen LogP contribution < -0.4 is 5.63 Å². The van der Waals surface area contributed by atoms with Crippen LogP contribution in [0.2, 0.25) is 5.02 Å². The average Bonchev–Trinajstić information content (AvgIpc) is 2.83. The Kier molecular flexibility index (Phi) is 3.12. The number of aryl methyl sites for hydroxylation is 1. The van der Waals surface area contributed by atoms with Crippen LogP contribution in [0, 0.1) is 0 Å². The predicted molar refractivity (Wildman–Crippen MR) is 78.0 cm³/mol. The van der Waals surface area contributed by atoms with Crippen LogP contribution in [0.15, 0.2) is 39.5 Å². The average molecular weight is 292 g/mol. The van der Waals surface area contributed by atoms with E-state index in [1.165, 1.54) is 11.3 Å². The van der Waals surface area contributed by atoms with E-state index in [1.807, 2.05) is 13.0 Å². The van der Waals surface area contributed by atoms with E-state index in [4.69, 9.17) is 16.0 Å². The topological polar surface area (TPSA) is 43.1 Å². The van der Waals surface area contributed by atoms with Gasteiger partial charge < -0.3 is 4.42 Å². The SMILES string of the molecule is CCc1cc2c(=O)oc(-c3ccc(Cl)cc3)nc2s1. The molecule has 0 amide bonds. The van der Waals surface area contributed by atoms with E-state index in [1.54, 1.807) is 24.3 Å². The maximum atomic E-state index is 11.9. The third-order valence-corrected chi connectivity index (χ3v) is 4.24. The summed E-state index contributed by atoms with van der Waals surface area (Å²) in [5, 5.41) is 1.19. The number of halogens is 1. The highest BCUT2D eigenvalue weighted by Crippen LogP contribution is 2.25. The van der Waals surface area contributed by atoms with Crippen molar-refractivity contribution in [3.63, 3.8) is 0 Å². The summed E-state index contributed by atoms with van der Waals surface area (Å²) in [5.41, 5.74) is 0.403. The van der Waals surface area contributed by atoms with Crippen LogP contribution in [0.25, 0.3) is 21.7 Å². The second kappa shape index (κ2) is 4.79. The molecule has 0 saturated heterocycles. The molecular formula is C14H10ClNO2S. The lowest BCUT2D eigenvalue weighted by molar-refractivity contribution is 0.519. The Labute approximate surface area is 118 Å². The van der Waals surface area contributed by atoms with Gasteiger partial charge in [-0.2, -0.15) is 0 Å². The summed E-state index contributed by atoms with van der Waals surface area (Å²) >= 11 is 7.36. The second-order valence-corrected chi connectivity index (χ2v) is 5.65. The molecule has 0 unspecified atom stereocenters. The quantitative estimate of drug-likeness (QED) is 0.713. The largest absolute Gasteiger partial charge is 0.403 e. The zero-order valence-electron chi connectivity index (χ0n) is 10.1. The number of nitrogens with zero attached hydrogens (tertiary/aromatic N) is 1. The Morgan fingerprint density at radius 3 is 2.74 bits per heavy atom. The minimum atomic E-state index is -0.342. The molecular weight excluding hydrogens is 282 g/mol. The number of rotatable bonds is 2. The summed E-state index contributed by atoms with van der Waals surface area (Å²) in [6, 6.07) is 8.91. The lowest BCUT2D eigenvalue weighted by Crippen LogP contribution is -2.00. The summed E-state index contributed by atoms with van der Waals surface area (Å²) < 4.78 is 5.27. The number of aromatic nitrogens is 1. The Balaban J connectivity index is 2.20. The molecule has 3 rings (SSSR count). The highest BCUT2D eigenvalue weighted by Gasteiger charge is 2.11. The standard InChI is InChI=1S/C14H10ClNO2S/c1-2-10-7-11-13(19-10)16-12(18-14(11)17)8-3-5-9(15)6-4-8/h3-7H,2H2,1H3. The van der Waals surface area contributed by atoms with Gasteiger partial charge in [-0.15, -0.1) is 11.3 Å². The third-order valence-electron chi connectivity index (χ3n) is 2.82. The summed E-state index contributed by atoms with van der Waals surface area (Å²) in [5.74, 6) is 0.332. The van der Waals surface area contributed by atoms with E-state index in [0.29, 0.717) is 16.3 Å². The maximum Gasteiger partial charge on any atom is 0.347 e. The van der Waals surface area contributed by atoms with Gasteiger partial charge >= 0.3 is 5.63 Å². The fourth-order valence-electron chi connectivity index (χ4n) is 1.81. The molecule has 0 aliphatic rings. The first-order valence-corrected chi connectivity index (χ1v) is 7.06. The Bertz CT molecular complexity index is 789. The molecule has 0 saturated carbocycles. The minimum absolute atomic E-state index is 0.332. The highest BCUT2D eigenvalue weighted by molar-refractivity contribution is 7.18. The second-order valence-electron chi connectivity index (χ2n) is 4.10. The number of fused-ring (bicyclic) bond motifs is 1. The van der Waals surface area contributed by atoms with Gasteiger partial charge in [-0.3, -0.25) is 0 Å². The molecule has 0 atom stereocenters. The van der Waals surface area contributed by atoms with Crippen LogP contribution in [0.4, 0.5) is 0 Å². The Hall–Kier alpha value is -1.65. The van der Waals surface area contributed by atoms with Crippen molar-refractivity contribution < 1.29 is 4.42 Å². The van der Waals surface area contributed by atoms with Crippen LogP contribution in [-0.4, -0.2) is 4.98 Å². The molecule has 0 radical (unpaired) electrons. The van der Waals surface area contributed by atoms with Gasteiger partial charge in [0.2, 0.25) is 5.89 Å². The van der Waals surface area contributed by atoms with Crippen molar-refractivity contribution in [1.82, 2.24) is 4.98 Å². The maximum absolute atomic E-state index is 11.9. The van der Waals surface area contributed by atoms with E-state index < -0.39 is 0 Å². The number of thiophene rings is 1. The van der Waals surface area contributed by atoms with Crippen molar-refractivity contribution in [3.8, 4) is 11.5 Å². The van der Waals surface area contributed by atoms with Crippen molar-refractivity contribution in [1.29, 1.82) is 0 Å².